The molecule has 2 N–H and O–H groups in total. The van der Waals surface area contributed by atoms with Gasteiger partial charge in [-0.2, -0.15) is 0 Å². The first-order chi connectivity index (χ1) is 18.7. The van der Waals surface area contributed by atoms with E-state index < -0.39 is 5.60 Å². The van der Waals surface area contributed by atoms with Gasteiger partial charge in [-0.15, -0.1) is 0 Å². The highest BCUT2D eigenvalue weighted by Gasteiger charge is 2.24. The molecule has 6 nitrogen and oxygen atoms in total. The van der Waals surface area contributed by atoms with Crippen LogP contribution in [0.1, 0.15) is 94.4 Å². The maximum absolute atomic E-state index is 11.9. The first-order valence-electron chi connectivity index (χ1n) is 14.5. The lowest BCUT2D eigenvalue weighted by molar-refractivity contribution is 0.0527. The van der Waals surface area contributed by atoms with Crippen LogP contribution in [0.5, 0.6) is 0 Å². The van der Waals surface area contributed by atoms with Crippen molar-refractivity contribution in [2.24, 2.45) is 0 Å². The van der Waals surface area contributed by atoms with E-state index in [4.69, 9.17) is 11.3 Å². The van der Waals surface area contributed by atoms with Crippen molar-refractivity contribution in [3.05, 3.63) is 76.8 Å². The molecule has 6 heteroatoms. The average molecular weight is 529 g/mol. The minimum absolute atomic E-state index is 0.227. The van der Waals surface area contributed by atoms with Crippen LogP contribution in [0.2, 0.25) is 0 Å². The first-order valence-corrected chi connectivity index (χ1v) is 14.5. The summed E-state index contributed by atoms with van der Waals surface area (Å²) in [7, 11) is 0. The molecule has 39 heavy (non-hydrogen) atoms. The van der Waals surface area contributed by atoms with Gasteiger partial charge in [0.15, 0.2) is 5.69 Å². The molecule has 1 unspecified atom stereocenters. The smallest absolute Gasteiger partial charge is 0.407 e. The Hall–Kier alpha value is -3.30. The molecule has 0 aliphatic heterocycles. The Balaban J connectivity index is 1.50. The Morgan fingerprint density at radius 2 is 1.90 bits per heavy atom. The number of fused-ring (bicyclic) bond motifs is 1. The summed E-state index contributed by atoms with van der Waals surface area (Å²) in [6, 6.07) is 15.6. The molecular weight excluding hydrogens is 484 g/mol. The van der Waals surface area contributed by atoms with E-state index in [2.05, 4.69) is 69.6 Å². The van der Waals surface area contributed by atoms with Crippen LogP contribution in [0.3, 0.4) is 0 Å². The molecule has 4 rings (SSSR count). The molecule has 2 aromatic carbocycles. The predicted molar refractivity (Wildman–Crippen MR) is 160 cm³/mol. The molecule has 208 valence electrons. The van der Waals surface area contributed by atoms with Gasteiger partial charge in [0.05, 0.1) is 6.57 Å². The number of ether oxygens (including phenoxy) is 1. The first kappa shape index (κ1) is 28.7. The summed E-state index contributed by atoms with van der Waals surface area (Å²) in [5.74, 6) is 0.227. The predicted octanol–water partition coefficient (Wildman–Crippen LogP) is 8.03. The fourth-order valence-electron chi connectivity index (χ4n) is 5.76. The topological polar surface area (TPSA) is 59.6 Å². The van der Waals surface area contributed by atoms with Gasteiger partial charge in [0.25, 0.3) is 0 Å². The summed E-state index contributed by atoms with van der Waals surface area (Å²) < 4.78 is 7.82. The minimum Gasteiger partial charge on any atom is -0.444 e. The molecule has 0 bridgehead atoms. The fraction of sp³-hybridized carbons (Fsp3) is 0.515. The second-order valence-corrected chi connectivity index (χ2v) is 11.9. The normalized spacial score (nSPS) is 15.2. The molecule has 1 amide bonds. The summed E-state index contributed by atoms with van der Waals surface area (Å²) in [6.07, 6.45) is 10.2. The summed E-state index contributed by atoms with van der Waals surface area (Å²) in [6.45, 7) is 17.7. The van der Waals surface area contributed by atoms with E-state index in [1.54, 1.807) is 0 Å². The van der Waals surface area contributed by atoms with Crippen LogP contribution in [0.25, 0.3) is 15.7 Å². The highest BCUT2D eigenvalue weighted by Crippen LogP contribution is 2.40. The van der Waals surface area contributed by atoms with E-state index in [-0.39, 0.29) is 12.0 Å². The number of alkyl carbamates (subject to hydrolysis) is 1. The van der Waals surface area contributed by atoms with E-state index in [9.17, 15) is 4.79 Å². The molecule has 1 aliphatic carbocycles. The number of aromatic nitrogens is 1. The Morgan fingerprint density at radius 3 is 2.62 bits per heavy atom. The molecule has 0 spiro atoms. The Morgan fingerprint density at radius 1 is 1.10 bits per heavy atom. The lowest BCUT2D eigenvalue weighted by Crippen LogP contribution is -2.34. The van der Waals surface area contributed by atoms with Crippen molar-refractivity contribution in [1.82, 2.24) is 15.2 Å². The Labute approximate surface area is 233 Å². The van der Waals surface area contributed by atoms with Crippen LogP contribution in [-0.2, 0) is 4.74 Å². The number of carbonyl (C=O) groups excluding carboxylic acids is 1. The van der Waals surface area contributed by atoms with Crippen LogP contribution in [0.4, 0.5) is 10.5 Å². The van der Waals surface area contributed by atoms with Gasteiger partial charge < -0.3 is 19.9 Å². The third-order valence-electron chi connectivity index (χ3n) is 7.57. The van der Waals surface area contributed by atoms with E-state index >= 15 is 0 Å². The molecule has 3 aromatic rings. The fourth-order valence-corrected chi connectivity index (χ4v) is 5.76. The zero-order valence-electron chi connectivity index (χ0n) is 24.1. The van der Waals surface area contributed by atoms with Crippen LogP contribution in [0.15, 0.2) is 48.7 Å². The molecular formula is C33H44N4O2. The standard InChI is InChI=1S/C33H44N4O2/c1-24-11-9-12-25(21-24)28(17-20-35-18-10-19-36-32(38)39-33(2,3)4)30-23-37(27-13-7-6-8-14-27)31-16-15-26(34-5)22-29(30)31/h9,11-12,15-16,21-23,27-28,35H,6-8,10,13-14,17-20H2,1-4H3,(H,36,38). The molecule has 0 radical (unpaired) electrons. The number of amides is 1. The quantitative estimate of drug-likeness (QED) is 0.207. The van der Waals surface area contributed by atoms with Gasteiger partial charge in [0.2, 0.25) is 0 Å². The lowest BCUT2D eigenvalue weighted by Gasteiger charge is -2.24. The van der Waals surface area contributed by atoms with Crippen molar-refractivity contribution >= 4 is 22.7 Å². The minimum atomic E-state index is -0.483. The average Bonchev–Trinajstić information content (AvgIpc) is 3.28. The Kier molecular flexibility index (Phi) is 9.69. The van der Waals surface area contributed by atoms with Crippen LogP contribution in [-0.4, -0.2) is 35.9 Å². The number of nitrogens with one attached hydrogen (secondary N) is 2. The van der Waals surface area contributed by atoms with Crippen molar-refractivity contribution in [3.63, 3.8) is 0 Å². The molecule has 1 saturated carbocycles. The summed E-state index contributed by atoms with van der Waals surface area (Å²) >= 11 is 0. The van der Waals surface area contributed by atoms with Crippen molar-refractivity contribution in [3.8, 4) is 0 Å². The second kappa shape index (κ2) is 13.2. The molecule has 0 saturated heterocycles. The third kappa shape index (κ3) is 7.86. The summed E-state index contributed by atoms with van der Waals surface area (Å²) in [5, 5.41) is 7.63. The van der Waals surface area contributed by atoms with Gasteiger partial charge in [-0.05, 0) is 95.1 Å². The molecule has 1 atom stereocenters. The maximum Gasteiger partial charge on any atom is 0.407 e. The van der Waals surface area contributed by atoms with E-state index in [0.29, 0.717) is 18.3 Å². The molecule has 1 aromatic heterocycles. The number of carbonyl (C=O) groups is 1. The molecule has 1 aliphatic rings. The van der Waals surface area contributed by atoms with Crippen molar-refractivity contribution in [2.45, 2.75) is 90.2 Å². The highest BCUT2D eigenvalue weighted by atomic mass is 16.6. The second-order valence-electron chi connectivity index (χ2n) is 11.9. The number of hydrogen-bond donors (Lipinski definition) is 2. The van der Waals surface area contributed by atoms with Gasteiger partial charge in [0, 0.05) is 30.2 Å². The SMILES string of the molecule is [C-]#[N+]c1ccc2c(c1)c(C(CCNCCCNC(=O)OC(C)(C)C)c1cccc(C)c1)cn2C1CCCCC1. The van der Waals surface area contributed by atoms with Crippen LogP contribution < -0.4 is 10.6 Å². The van der Waals surface area contributed by atoms with Crippen molar-refractivity contribution < 1.29 is 9.53 Å². The number of hydrogen-bond acceptors (Lipinski definition) is 3. The van der Waals surface area contributed by atoms with E-state index in [1.165, 1.54) is 59.7 Å². The van der Waals surface area contributed by atoms with Gasteiger partial charge in [-0.25, -0.2) is 9.64 Å². The molecule has 1 heterocycles. The zero-order chi connectivity index (χ0) is 27.8. The number of nitrogens with zero attached hydrogens (tertiary/aromatic N) is 2. The van der Waals surface area contributed by atoms with E-state index in [1.807, 2.05) is 26.8 Å². The Bertz CT molecular complexity index is 1290. The number of aryl methyl sites for hydroxylation is 1. The highest BCUT2D eigenvalue weighted by molar-refractivity contribution is 5.88. The van der Waals surface area contributed by atoms with Crippen LogP contribution in [0, 0.1) is 13.5 Å². The van der Waals surface area contributed by atoms with Crippen molar-refractivity contribution in [2.75, 3.05) is 19.6 Å². The lowest BCUT2D eigenvalue weighted by atomic mass is 9.87. The zero-order valence-corrected chi connectivity index (χ0v) is 24.1. The summed E-state index contributed by atoms with van der Waals surface area (Å²) in [4.78, 5) is 15.6. The van der Waals surface area contributed by atoms with Gasteiger partial charge in [-0.1, -0.05) is 55.2 Å². The number of rotatable bonds is 10. The van der Waals surface area contributed by atoms with E-state index in [0.717, 1.165) is 25.9 Å². The maximum atomic E-state index is 11.9. The monoisotopic (exact) mass is 528 g/mol. The van der Waals surface area contributed by atoms with Gasteiger partial charge in [0.1, 0.15) is 5.60 Å². The van der Waals surface area contributed by atoms with Crippen molar-refractivity contribution in [1.29, 1.82) is 0 Å². The summed E-state index contributed by atoms with van der Waals surface area (Å²) in [5.41, 5.74) is 5.37. The van der Waals surface area contributed by atoms with Gasteiger partial charge >= 0.3 is 6.09 Å². The van der Waals surface area contributed by atoms with Gasteiger partial charge in [-0.3, -0.25) is 0 Å². The third-order valence-corrected chi connectivity index (χ3v) is 7.57. The number of benzene rings is 2. The largest absolute Gasteiger partial charge is 0.444 e. The van der Waals surface area contributed by atoms with Crippen LogP contribution >= 0.6 is 0 Å². The molecule has 1 fully saturated rings.